The summed E-state index contributed by atoms with van der Waals surface area (Å²) in [6.45, 7) is 7.29. The summed E-state index contributed by atoms with van der Waals surface area (Å²) >= 11 is 10.2. The average Bonchev–Trinajstić information content (AvgIpc) is 3.35. The SMILES string of the molecule is Cc1sc2c(c1C)C(c1ccc(Cl)cc1)=N[C@@H](CC(=O)NCCNc1ccc(I)cc1)c1nnc(C)n1-2. The van der Waals surface area contributed by atoms with Crippen LogP contribution in [0.2, 0.25) is 5.02 Å². The molecule has 4 aromatic rings. The molecule has 0 bridgehead atoms. The second-order valence-corrected chi connectivity index (χ2v) is 11.8. The largest absolute Gasteiger partial charge is 0.383 e. The molecule has 2 aromatic carbocycles. The van der Waals surface area contributed by atoms with Crippen LogP contribution in [0.5, 0.6) is 0 Å². The number of nitrogens with zero attached hydrogens (tertiary/aromatic N) is 4. The molecule has 0 saturated heterocycles. The van der Waals surface area contributed by atoms with Gasteiger partial charge < -0.3 is 10.6 Å². The van der Waals surface area contributed by atoms with Crippen molar-refractivity contribution in [2.75, 3.05) is 18.4 Å². The molecule has 1 amide bonds. The van der Waals surface area contributed by atoms with E-state index in [4.69, 9.17) is 16.6 Å². The minimum atomic E-state index is -0.477. The molecule has 10 heteroatoms. The van der Waals surface area contributed by atoms with Crippen molar-refractivity contribution >= 4 is 62.8 Å². The molecule has 190 valence electrons. The maximum Gasteiger partial charge on any atom is 0.222 e. The summed E-state index contributed by atoms with van der Waals surface area (Å²) in [4.78, 5) is 19.4. The number of carbonyl (C=O) groups excluding carboxylic acids is 1. The lowest BCUT2D eigenvalue weighted by atomic mass is 9.99. The molecule has 0 radical (unpaired) electrons. The first-order chi connectivity index (χ1) is 17.8. The lowest BCUT2D eigenvalue weighted by molar-refractivity contribution is -0.121. The van der Waals surface area contributed by atoms with Crippen molar-refractivity contribution in [2.24, 2.45) is 4.99 Å². The summed E-state index contributed by atoms with van der Waals surface area (Å²) in [6.07, 6.45) is 0.172. The molecule has 37 heavy (non-hydrogen) atoms. The number of thiophene rings is 1. The summed E-state index contributed by atoms with van der Waals surface area (Å²) in [6, 6.07) is 15.4. The zero-order valence-corrected chi connectivity index (χ0v) is 24.4. The Morgan fingerprint density at radius 1 is 1.05 bits per heavy atom. The maximum atomic E-state index is 13.0. The molecular formula is C27H26ClIN6OS. The molecule has 0 saturated carbocycles. The first-order valence-electron chi connectivity index (χ1n) is 11.9. The number of aliphatic imine (C=N–C) groups is 1. The fourth-order valence-corrected chi connectivity index (χ4v) is 6.06. The molecule has 0 fully saturated rings. The molecule has 1 atom stereocenters. The standard InChI is InChI=1S/C27H26ClIN6OS/c1-15-16(2)37-27-24(15)25(18-4-6-19(28)7-5-18)32-22(26-34-33-17(3)35(26)27)14-23(36)31-13-12-30-21-10-8-20(29)9-11-21/h4-11,22,30H,12-14H2,1-3H3,(H,31,36)/t22-/m0/s1. The Hall–Kier alpha value is -2.76. The third-order valence-corrected chi connectivity index (χ3v) is 8.52. The van der Waals surface area contributed by atoms with Gasteiger partial charge in [0.05, 0.1) is 12.1 Å². The molecule has 1 aliphatic rings. The lowest BCUT2D eigenvalue weighted by Gasteiger charge is -2.13. The summed E-state index contributed by atoms with van der Waals surface area (Å²) in [7, 11) is 0. The monoisotopic (exact) mass is 644 g/mol. The van der Waals surface area contributed by atoms with Gasteiger partial charge in [-0.1, -0.05) is 23.7 Å². The molecule has 0 spiro atoms. The van der Waals surface area contributed by atoms with Gasteiger partial charge in [0.2, 0.25) is 5.91 Å². The van der Waals surface area contributed by atoms with Gasteiger partial charge in [-0.15, -0.1) is 21.5 Å². The van der Waals surface area contributed by atoms with Crippen LogP contribution in [0.3, 0.4) is 0 Å². The van der Waals surface area contributed by atoms with E-state index in [0.29, 0.717) is 23.9 Å². The van der Waals surface area contributed by atoms with E-state index in [-0.39, 0.29) is 12.3 Å². The van der Waals surface area contributed by atoms with Gasteiger partial charge in [0, 0.05) is 43.4 Å². The van der Waals surface area contributed by atoms with E-state index in [2.05, 4.69) is 61.8 Å². The van der Waals surface area contributed by atoms with Crippen LogP contribution in [0.15, 0.2) is 53.5 Å². The minimum Gasteiger partial charge on any atom is -0.383 e. The molecule has 1 aliphatic heterocycles. The summed E-state index contributed by atoms with van der Waals surface area (Å²) < 4.78 is 3.24. The number of aromatic nitrogens is 3. The van der Waals surface area contributed by atoms with Crippen LogP contribution >= 0.6 is 45.5 Å². The first kappa shape index (κ1) is 25.9. The molecule has 0 aliphatic carbocycles. The van der Waals surface area contributed by atoms with Crippen molar-refractivity contribution in [3.63, 3.8) is 0 Å². The molecule has 2 N–H and O–H groups in total. The highest BCUT2D eigenvalue weighted by Gasteiger charge is 2.32. The number of rotatable bonds is 7. The van der Waals surface area contributed by atoms with Gasteiger partial charge in [-0.05, 0) is 85.3 Å². The average molecular weight is 645 g/mol. The van der Waals surface area contributed by atoms with Crippen molar-refractivity contribution in [1.29, 1.82) is 0 Å². The number of benzene rings is 2. The second kappa shape index (κ2) is 10.9. The zero-order valence-electron chi connectivity index (χ0n) is 20.7. The molecule has 7 nitrogen and oxygen atoms in total. The van der Waals surface area contributed by atoms with E-state index in [1.807, 2.05) is 55.5 Å². The van der Waals surface area contributed by atoms with Gasteiger partial charge in [-0.25, -0.2) is 0 Å². The quantitative estimate of drug-likeness (QED) is 0.190. The van der Waals surface area contributed by atoms with Crippen LogP contribution in [0, 0.1) is 24.3 Å². The van der Waals surface area contributed by atoms with Crippen molar-refractivity contribution in [3.05, 3.63) is 90.3 Å². The number of carbonyl (C=O) groups is 1. The second-order valence-electron chi connectivity index (χ2n) is 8.89. The maximum absolute atomic E-state index is 13.0. The van der Waals surface area contributed by atoms with Crippen molar-refractivity contribution in [1.82, 2.24) is 20.1 Å². The Morgan fingerprint density at radius 2 is 1.78 bits per heavy atom. The minimum absolute atomic E-state index is 0.0843. The van der Waals surface area contributed by atoms with E-state index < -0.39 is 6.04 Å². The summed E-state index contributed by atoms with van der Waals surface area (Å²) in [5.74, 6) is 1.37. The van der Waals surface area contributed by atoms with Crippen LogP contribution < -0.4 is 10.6 Å². The zero-order chi connectivity index (χ0) is 26.1. The number of aryl methyl sites for hydroxylation is 2. The first-order valence-corrected chi connectivity index (χ1v) is 14.2. The number of anilines is 1. The van der Waals surface area contributed by atoms with Crippen LogP contribution in [-0.2, 0) is 4.79 Å². The number of hydrogen-bond acceptors (Lipinski definition) is 6. The van der Waals surface area contributed by atoms with E-state index >= 15 is 0 Å². The van der Waals surface area contributed by atoms with E-state index in [9.17, 15) is 4.79 Å². The highest BCUT2D eigenvalue weighted by Crippen LogP contribution is 2.39. The fourth-order valence-electron chi connectivity index (χ4n) is 4.36. The number of fused-ring (bicyclic) bond motifs is 3. The summed E-state index contributed by atoms with van der Waals surface area (Å²) in [5.41, 5.74) is 5.04. The van der Waals surface area contributed by atoms with Crippen LogP contribution in [0.4, 0.5) is 5.69 Å². The van der Waals surface area contributed by atoms with Crippen LogP contribution in [-0.4, -0.2) is 39.5 Å². The highest BCUT2D eigenvalue weighted by atomic mass is 127. The Kier molecular flexibility index (Phi) is 7.64. The van der Waals surface area contributed by atoms with E-state index in [0.717, 1.165) is 33.4 Å². The number of hydrogen-bond donors (Lipinski definition) is 2. The molecule has 0 unspecified atom stereocenters. The Balaban J connectivity index is 1.41. The van der Waals surface area contributed by atoms with Gasteiger partial charge in [0.15, 0.2) is 5.82 Å². The molecular weight excluding hydrogens is 619 g/mol. The topological polar surface area (TPSA) is 84.2 Å². The molecule has 2 aromatic heterocycles. The highest BCUT2D eigenvalue weighted by molar-refractivity contribution is 14.1. The third kappa shape index (κ3) is 5.44. The van der Waals surface area contributed by atoms with Crippen LogP contribution in [0.1, 0.15) is 45.7 Å². The van der Waals surface area contributed by atoms with Crippen LogP contribution in [0.25, 0.3) is 5.00 Å². The van der Waals surface area contributed by atoms with Gasteiger partial charge in [-0.3, -0.25) is 14.4 Å². The van der Waals surface area contributed by atoms with Gasteiger partial charge in [0.25, 0.3) is 0 Å². The lowest BCUT2D eigenvalue weighted by Crippen LogP contribution is -2.30. The smallest absolute Gasteiger partial charge is 0.222 e. The Morgan fingerprint density at radius 3 is 2.51 bits per heavy atom. The molecule has 5 rings (SSSR count). The predicted octanol–water partition coefficient (Wildman–Crippen LogP) is 6.02. The van der Waals surface area contributed by atoms with Gasteiger partial charge in [0.1, 0.15) is 16.9 Å². The van der Waals surface area contributed by atoms with Crippen molar-refractivity contribution in [3.8, 4) is 5.00 Å². The van der Waals surface area contributed by atoms with Gasteiger partial charge in [-0.2, -0.15) is 0 Å². The number of halogens is 2. The predicted molar refractivity (Wildman–Crippen MR) is 159 cm³/mol. The number of nitrogens with one attached hydrogen (secondary N) is 2. The Bertz CT molecular complexity index is 1480. The molecule has 3 heterocycles. The van der Waals surface area contributed by atoms with E-state index in [1.54, 1.807) is 11.3 Å². The van der Waals surface area contributed by atoms with Gasteiger partial charge >= 0.3 is 0 Å². The fraction of sp³-hybridized carbons (Fsp3) is 0.259. The normalized spacial score (nSPS) is 14.4. The Labute approximate surface area is 238 Å². The summed E-state index contributed by atoms with van der Waals surface area (Å²) in [5, 5.41) is 16.9. The van der Waals surface area contributed by atoms with Crippen molar-refractivity contribution < 1.29 is 4.79 Å². The van der Waals surface area contributed by atoms with Crippen molar-refractivity contribution in [2.45, 2.75) is 33.2 Å². The number of amides is 1. The van der Waals surface area contributed by atoms with E-state index in [1.165, 1.54) is 14.0 Å². The third-order valence-electron chi connectivity index (χ3n) is 6.36.